The fourth-order valence-corrected chi connectivity index (χ4v) is 4.20. The number of benzene rings is 2. The van der Waals surface area contributed by atoms with Gasteiger partial charge in [-0.1, -0.05) is 36.4 Å². The molecule has 3 rings (SSSR count). The van der Waals surface area contributed by atoms with Crippen LogP contribution in [0, 0.1) is 0 Å². The van der Waals surface area contributed by atoms with Gasteiger partial charge in [0.2, 0.25) is 0 Å². The van der Waals surface area contributed by atoms with Crippen LogP contribution in [0.15, 0.2) is 48.5 Å². The average Bonchev–Trinajstić information content (AvgIpc) is 2.66. The molecular formula is C18H19NO7S. The summed E-state index contributed by atoms with van der Waals surface area (Å²) in [6.07, 6.45) is -0.699. The molecule has 0 radical (unpaired) electrons. The maximum atomic E-state index is 12.0. The number of ether oxygens (including phenoxy) is 2. The second-order valence-electron chi connectivity index (χ2n) is 5.94. The smallest absolute Gasteiger partial charge is 0.425 e. The zero-order valence-electron chi connectivity index (χ0n) is 14.2. The van der Waals surface area contributed by atoms with Crippen LogP contribution >= 0.6 is 10.8 Å². The van der Waals surface area contributed by atoms with E-state index in [9.17, 15) is 18.7 Å². The molecule has 0 aliphatic carbocycles. The first kappa shape index (κ1) is 19.0. The fraction of sp³-hybridized carbons (Fsp3) is 0.222. The average molecular weight is 393 g/mol. The Labute approximate surface area is 157 Å². The number of hydrogen-bond acceptors (Lipinski definition) is 6. The van der Waals surface area contributed by atoms with E-state index >= 15 is 0 Å². The lowest BCUT2D eigenvalue weighted by molar-refractivity contribution is 0.0696. The maximum absolute atomic E-state index is 12.0. The van der Waals surface area contributed by atoms with Crippen LogP contribution in [0.4, 0.5) is 4.79 Å². The molecule has 0 unspecified atom stereocenters. The topological polar surface area (TPSA) is 125 Å². The van der Waals surface area contributed by atoms with E-state index in [0.717, 1.165) is 5.56 Å². The number of hydrogen-bond donors (Lipinski definition) is 4. The van der Waals surface area contributed by atoms with E-state index in [2.05, 4.69) is 4.72 Å². The van der Waals surface area contributed by atoms with Crippen LogP contribution in [0.25, 0.3) is 0 Å². The molecule has 0 aromatic heterocycles. The van der Waals surface area contributed by atoms with Crippen molar-refractivity contribution in [2.24, 2.45) is 0 Å². The van der Waals surface area contributed by atoms with Crippen LogP contribution < -0.4 is 9.46 Å². The van der Waals surface area contributed by atoms with Gasteiger partial charge in [0.25, 0.3) is 0 Å². The zero-order chi connectivity index (χ0) is 19.4. The van der Waals surface area contributed by atoms with Crippen molar-refractivity contribution in [3.63, 3.8) is 0 Å². The Morgan fingerprint density at radius 2 is 1.93 bits per heavy atom. The van der Waals surface area contributed by atoms with E-state index < -0.39 is 28.1 Å². The van der Waals surface area contributed by atoms with Gasteiger partial charge in [-0.2, -0.15) is 0 Å². The van der Waals surface area contributed by atoms with Crippen LogP contribution in [0.2, 0.25) is 0 Å². The molecule has 0 spiro atoms. The number of rotatable bonds is 5. The Hall–Kier alpha value is -2.75. The highest BCUT2D eigenvalue weighted by Gasteiger charge is 2.35. The standard InChI is InChI=1S/C18H19NO7S/c20-17(21)13-6-7-14-15(10-13)25-9-8-16(14)27(23,24)19-18(22)26-11-12-4-2-1-3-5-12/h1-7,10,16,23-24H,8-9,11H2,(H,19,22)(H,20,21)/t16-/m0/s1. The van der Waals surface area contributed by atoms with Crippen molar-refractivity contribution in [2.45, 2.75) is 18.3 Å². The number of carbonyl (C=O) groups excluding carboxylic acids is 1. The molecule has 1 heterocycles. The second-order valence-corrected chi connectivity index (χ2v) is 7.90. The minimum Gasteiger partial charge on any atom is -0.493 e. The number of carboxylic acid groups (broad SMARTS) is 1. The van der Waals surface area contributed by atoms with Crippen molar-refractivity contribution >= 4 is 22.8 Å². The lowest BCUT2D eigenvalue weighted by Crippen LogP contribution is -2.33. The highest BCUT2D eigenvalue weighted by Crippen LogP contribution is 2.55. The molecule has 1 atom stereocenters. The number of fused-ring (bicyclic) bond motifs is 1. The van der Waals surface area contributed by atoms with Gasteiger partial charge in [-0.25, -0.2) is 14.3 Å². The Morgan fingerprint density at radius 3 is 2.63 bits per heavy atom. The molecule has 2 aromatic rings. The Kier molecular flexibility index (Phi) is 5.54. The van der Waals surface area contributed by atoms with Crippen LogP contribution in [0.5, 0.6) is 5.75 Å². The van der Waals surface area contributed by atoms with Crippen molar-refractivity contribution in [2.75, 3.05) is 6.61 Å². The van der Waals surface area contributed by atoms with Crippen molar-refractivity contribution in [1.29, 1.82) is 0 Å². The van der Waals surface area contributed by atoms with Crippen molar-refractivity contribution in [3.05, 3.63) is 65.2 Å². The van der Waals surface area contributed by atoms with Gasteiger partial charge in [-0.15, -0.1) is 10.8 Å². The molecular weight excluding hydrogens is 374 g/mol. The van der Waals surface area contributed by atoms with E-state index in [1.165, 1.54) is 18.2 Å². The van der Waals surface area contributed by atoms with E-state index in [1.807, 2.05) is 6.07 Å². The highest BCUT2D eigenvalue weighted by atomic mass is 32.3. The monoisotopic (exact) mass is 393 g/mol. The van der Waals surface area contributed by atoms with Gasteiger partial charge in [0.05, 0.1) is 12.2 Å². The molecule has 0 bridgehead atoms. The molecule has 0 saturated carbocycles. The van der Waals surface area contributed by atoms with Crippen molar-refractivity contribution in [1.82, 2.24) is 4.72 Å². The molecule has 0 fully saturated rings. The quantitative estimate of drug-likeness (QED) is 0.609. The SMILES string of the molecule is O=C(NS(O)(O)[C@H]1CCOc2cc(C(=O)O)ccc21)OCc1ccccc1. The zero-order valence-corrected chi connectivity index (χ0v) is 15.0. The molecule has 4 N–H and O–H groups in total. The number of carbonyl (C=O) groups is 2. The van der Waals surface area contributed by atoms with Crippen LogP contribution in [0.1, 0.15) is 33.2 Å². The van der Waals surface area contributed by atoms with Gasteiger partial charge >= 0.3 is 12.1 Å². The molecule has 1 aliphatic rings. The van der Waals surface area contributed by atoms with Crippen LogP contribution in [-0.4, -0.2) is 32.9 Å². The second kappa shape index (κ2) is 7.87. The summed E-state index contributed by atoms with van der Waals surface area (Å²) in [5.41, 5.74) is 1.22. The van der Waals surface area contributed by atoms with Crippen LogP contribution in [0.3, 0.4) is 0 Å². The van der Waals surface area contributed by atoms with Crippen molar-refractivity contribution < 1.29 is 33.3 Å². The Bertz CT molecular complexity index is 841. The largest absolute Gasteiger partial charge is 0.493 e. The third-order valence-corrected chi connectivity index (χ3v) is 5.84. The lowest BCUT2D eigenvalue weighted by Gasteiger charge is -2.42. The lowest BCUT2D eigenvalue weighted by atomic mass is 10.0. The fourth-order valence-electron chi connectivity index (χ4n) is 2.78. The minimum absolute atomic E-state index is 0.00543. The number of amides is 1. The third-order valence-electron chi connectivity index (χ3n) is 4.09. The predicted molar refractivity (Wildman–Crippen MR) is 98.9 cm³/mol. The van der Waals surface area contributed by atoms with Gasteiger partial charge in [-0.05, 0) is 17.7 Å². The molecule has 0 saturated heterocycles. The van der Waals surface area contributed by atoms with Gasteiger partial charge in [0.1, 0.15) is 17.6 Å². The Morgan fingerprint density at radius 1 is 1.19 bits per heavy atom. The first-order chi connectivity index (χ1) is 12.9. The summed E-state index contributed by atoms with van der Waals surface area (Å²) in [6.45, 7) is 0.159. The highest BCUT2D eigenvalue weighted by molar-refractivity contribution is 8.23. The van der Waals surface area contributed by atoms with Crippen LogP contribution in [-0.2, 0) is 11.3 Å². The summed E-state index contributed by atoms with van der Waals surface area (Å²) in [4.78, 5) is 23.1. The summed E-state index contributed by atoms with van der Waals surface area (Å²) in [5, 5.41) is 8.24. The molecule has 2 aromatic carbocycles. The number of aromatic carboxylic acids is 1. The predicted octanol–water partition coefficient (Wildman–Crippen LogP) is 3.80. The molecule has 1 aliphatic heterocycles. The summed E-state index contributed by atoms with van der Waals surface area (Å²) < 4.78 is 33.6. The molecule has 9 heteroatoms. The maximum Gasteiger partial charge on any atom is 0.425 e. The molecule has 1 amide bonds. The summed E-state index contributed by atoms with van der Waals surface area (Å²) in [6, 6.07) is 13.1. The number of carboxylic acids is 1. The summed E-state index contributed by atoms with van der Waals surface area (Å²) in [5.74, 6) is -0.858. The minimum atomic E-state index is -3.59. The van der Waals surface area contributed by atoms with Gasteiger partial charge in [-0.3, -0.25) is 9.11 Å². The number of nitrogens with one attached hydrogen (secondary N) is 1. The molecule has 27 heavy (non-hydrogen) atoms. The molecule has 8 nitrogen and oxygen atoms in total. The first-order valence-corrected chi connectivity index (χ1v) is 9.73. The van der Waals surface area contributed by atoms with Gasteiger partial charge in [0, 0.05) is 12.0 Å². The molecule has 144 valence electrons. The van der Waals surface area contributed by atoms with Crippen molar-refractivity contribution in [3.8, 4) is 5.75 Å². The third kappa shape index (κ3) is 4.51. The van der Waals surface area contributed by atoms with Gasteiger partial charge in [0.15, 0.2) is 0 Å². The first-order valence-electron chi connectivity index (χ1n) is 8.12. The Balaban J connectivity index is 1.70. The summed E-state index contributed by atoms with van der Waals surface area (Å²) in [7, 11) is -3.59. The summed E-state index contributed by atoms with van der Waals surface area (Å²) >= 11 is 0. The normalized spacial score (nSPS) is 16.6. The van der Waals surface area contributed by atoms with E-state index in [1.54, 1.807) is 24.3 Å². The van der Waals surface area contributed by atoms with E-state index in [0.29, 0.717) is 5.56 Å². The van der Waals surface area contributed by atoms with E-state index in [4.69, 9.17) is 14.6 Å². The van der Waals surface area contributed by atoms with Gasteiger partial charge < -0.3 is 14.6 Å². The van der Waals surface area contributed by atoms with E-state index in [-0.39, 0.29) is 30.9 Å².